The number of thiazole rings is 1. The minimum atomic E-state index is -0.178. The van der Waals surface area contributed by atoms with Gasteiger partial charge in [0.05, 0.1) is 28.4 Å². The molecule has 42 heavy (non-hydrogen) atoms. The number of aromatic amines is 1. The first-order chi connectivity index (χ1) is 20.3. The minimum absolute atomic E-state index is 0.0976. The molecule has 1 amide bonds. The number of benzene rings is 2. The van der Waals surface area contributed by atoms with Crippen LogP contribution in [0.4, 0.5) is 0 Å². The number of nitrogens with one attached hydrogen (secondary N) is 2. The van der Waals surface area contributed by atoms with Crippen LogP contribution in [0, 0.1) is 13.8 Å². The van der Waals surface area contributed by atoms with Crippen molar-refractivity contribution >= 4 is 27.5 Å². The van der Waals surface area contributed by atoms with Gasteiger partial charge in [0, 0.05) is 54.5 Å². The van der Waals surface area contributed by atoms with Gasteiger partial charge in [-0.3, -0.25) is 14.5 Å². The lowest BCUT2D eigenvalue weighted by Gasteiger charge is -2.26. The largest absolute Gasteiger partial charge is 0.379 e. The number of fused-ring (bicyclic) bond motifs is 2. The van der Waals surface area contributed by atoms with E-state index in [1.165, 1.54) is 11.1 Å². The highest BCUT2D eigenvalue weighted by molar-refractivity contribution is 7.19. The molecule has 6 rings (SSSR count). The first kappa shape index (κ1) is 28.8. The van der Waals surface area contributed by atoms with Gasteiger partial charge >= 0.3 is 0 Å². The lowest BCUT2D eigenvalue weighted by atomic mass is 9.88. The van der Waals surface area contributed by atoms with Gasteiger partial charge in [0.1, 0.15) is 0 Å². The molecule has 0 bridgehead atoms. The first-order valence-electron chi connectivity index (χ1n) is 15.1. The van der Waals surface area contributed by atoms with Gasteiger partial charge in [0.15, 0.2) is 0 Å². The second kappa shape index (κ2) is 12.1. The summed E-state index contributed by atoms with van der Waals surface area (Å²) in [5, 5.41) is 4.16. The Balaban J connectivity index is 1.33. The summed E-state index contributed by atoms with van der Waals surface area (Å²) in [6.07, 6.45) is 4.07. The third-order valence-corrected chi connectivity index (χ3v) is 10.1. The van der Waals surface area contributed by atoms with E-state index < -0.39 is 0 Å². The highest BCUT2D eigenvalue weighted by Gasteiger charge is 2.23. The number of nitrogens with zero attached hydrogens (tertiary/aromatic N) is 2. The molecule has 0 atom stereocenters. The number of H-pyrrole nitrogens is 1. The van der Waals surface area contributed by atoms with Crippen LogP contribution in [0.2, 0.25) is 0 Å². The molecule has 1 aliphatic carbocycles. The topological polar surface area (TPSA) is 87.3 Å². The number of aryl methyl sites for hydroxylation is 2. The number of hydrogen-bond donors (Lipinski definition) is 2. The molecule has 1 fully saturated rings. The Hall–Kier alpha value is -3.33. The van der Waals surface area contributed by atoms with Crippen molar-refractivity contribution in [2.45, 2.75) is 72.4 Å². The number of amides is 1. The summed E-state index contributed by atoms with van der Waals surface area (Å²) >= 11 is 1.71. The number of aromatic nitrogens is 2. The molecule has 2 N–H and O–H groups in total. The second-order valence-electron chi connectivity index (χ2n) is 12.0. The predicted octanol–water partition coefficient (Wildman–Crippen LogP) is 6.03. The standard InChI is InChI=1S/C34H40N4O3S/c1-20(2)34-37-30-21(3)27(32(39)35-18-29-26-8-6-5-7-25(26)22(4)36-33(29)40)17-28(31(30)42-34)24-11-9-23(10-12-24)19-38-13-15-41-16-14-38/h9-12,17,20H,5-8,13-16,18-19H2,1-4H3,(H,35,39)(H,36,40). The normalized spacial score (nSPS) is 15.7. The molecule has 2 aliphatic rings. The van der Waals surface area contributed by atoms with Crippen LogP contribution in [0.3, 0.4) is 0 Å². The van der Waals surface area contributed by atoms with E-state index in [1.54, 1.807) is 11.3 Å². The van der Waals surface area contributed by atoms with Crippen LogP contribution in [-0.2, 0) is 30.7 Å². The highest BCUT2D eigenvalue weighted by atomic mass is 32.1. The fraction of sp³-hybridized carbons (Fsp3) is 0.441. The van der Waals surface area contributed by atoms with Crippen LogP contribution in [0.15, 0.2) is 35.1 Å². The van der Waals surface area contributed by atoms with Gasteiger partial charge in [-0.15, -0.1) is 11.3 Å². The van der Waals surface area contributed by atoms with E-state index in [4.69, 9.17) is 9.72 Å². The predicted molar refractivity (Wildman–Crippen MR) is 170 cm³/mol. The summed E-state index contributed by atoms with van der Waals surface area (Å²) in [5.41, 5.74) is 9.63. The molecule has 0 spiro atoms. The fourth-order valence-corrected chi connectivity index (χ4v) is 7.45. The van der Waals surface area contributed by atoms with Crippen molar-refractivity contribution in [3.63, 3.8) is 0 Å². The molecular weight excluding hydrogens is 544 g/mol. The van der Waals surface area contributed by atoms with Gasteiger partial charge in [-0.1, -0.05) is 38.1 Å². The van der Waals surface area contributed by atoms with Gasteiger partial charge in [0.25, 0.3) is 11.5 Å². The SMILES string of the molecule is Cc1[nH]c(=O)c(CNC(=O)c2cc(-c3ccc(CN4CCOCC4)cc3)c3sc(C(C)C)nc3c2C)c2c1CCCC2. The molecule has 2 aromatic heterocycles. The Labute approximate surface area is 251 Å². The summed E-state index contributed by atoms with van der Waals surface area (Å²) in [5.74, 6) is 0.116. The van der Waals surface area contributed by atoms with E-state index in [1.807, 2.05) is 19.9 Å². The monoisotopic (exact) mass is 584 g/mol. The molecule has 8 heteroatoms. The zero-order valence-electron chi connectivity index (χ0n) is 25.1. The van der Waals surface area contributed by atoms with Gasteiger partial charge in [-0.05, 0) is 73.4 Å². The van der Waals surface area contributed by atoms with Crippen LogP contribution in [-0.4, -0.2) is 47.1 Å². The van der Waals surface area contributed by atoms with E-state index in [-0.39, 0.29) is 18.0 Å². The first-order valence-corrected chi connectivity index (χ1v) is 16.0. The fourth-order valence-electron chi connectivity index (χ4n) is 6.28. The van der Waals surface area contributed by atoms with Gasteiger partial charge in [0.2, 0.25) is 0 Å². The third-order valence-electron chi connectivity index (χ3n) is 8.74. The second-order valence-corrected chi connectivity index (χ2v) is 13.0. The van der Waals surface area contributed by atoms with E-state index in [9.17, 15) is 9.59 Å². The lowest BCUT2D eigenvalue weighted by molar-refractivity contribution is 0.0342. The van der Waals surface area contributed by atoms with Crippen molar-refractivity contribution in [3.05, 3.63) is 84.8 Å². The Kier molecular flexibility index (Phi) is 8.30. The zero-order chi connectivity index (χ0) is 29.4. The molecular formula is C34H40N4O3S. The van der Waals surface area contributed by atoms with Crippen molar-refractivity contribution in [1.29, 1.82) is 0 Å². The summed E-state index contributed by atoms with van der Waals surface area (Å²) in [6, 6.07) is 10.7. The summed E-state index contributed by atoms with van der Waals surface area (Å²) < 4.78 is 6.60. The molecule has 3 heterocycles. The number of morpholine rings is 1. The molecule has 0 saturated carbocycles. The van der Waals surface area contributed by atoms with Crippen LogP contribution < -0.4 is 10.9 Å². The lowest BCUT2D eigenvalue weighted by Crippen LogP contribution is -2.35. The van der Waals surface area contributed by atoms with Crippen molar-refractivity contribution in [1.82, 2.24) is 20.2 Å². The zero-order valence-corrected chi connectivity index (χ0v) is 25.9. The Morgan fingerprint density at radius 3 is 2.52 bits per heavy atom. The van der Waals surface area contributed by atoms with Crippen molar-refractivity contribution in [2.75, 3.05) is 26.3 Å². The van der Waals surface area contributed by atoms with Gasteiger partial charge in [-0.2, -0.15) is 0 Å². The number of carbonyl (C=O) groups is 1. The molecule has 0 radical (unpaired) electrons. The summed E-state index contributed by atoms with van der Waals surface area (Å²) in [4.78, 5) is 37.1. The smallest absolute Gasteiger partial charge is 0.253 e. The molecule has 1 saturated heterocycles. The molecule has 2 aromatic carbocycles. The maximum atomic E-state index is 13.8. The summed E-state index contributed by atoms with van der Waals surface area (Å²) in [7, 11) is 0. The number of ether oxygens (including phenoxy) is 1. The molecule has 1 aliphatic heterocycles. The van der Waals surface area contributed by atoms with E-state index in [2.05, 4.69) is 53.3 Å². The van der Waals surface area contributed by atoms with Crippen LogP contribution in [0.1, 0.15) is 81.5 Å². The molecule has 220 valence electrons. The van der Waals surface area contributed by atoms with Crippen molar-refractivity contribution in [3.8, 4) is 11.1 Å². The highest BCUT2D eigenvalue weighted by Crippen LogP contribution is 2.39. The summed E-state index contributed by atoms with van der Waals surface area (Å²) in [6.45, 7) is 12.9. The van der Waals surface area contributed by atoms with E-state index in [0.29, 0.717) is 17.0 Å². The Bertz CT molecular complexity index is 1680. The number of hydrogen-bond acceptors (Lipinski definition) is 6. The van der Waals surface area contributed by atoms with Crippen molar-refractivity contribution in [2.24, 2.45) is 0 Å². The average Bonchev–Trinajstić information content (AvgIpc) is 3.45. The van der Waals surface area contributed by atoms with Crippen molar-refractivity contribution < 1.29 is 9.53 Å². The third kappa shape index (κ3) is 5.68. The number of pyridine rings is 1. The van der Waals surface area contributed by atoms with E-state index >= 15 is 0 Å². The van der Waals surface area contributed by atoms with E-state index in [0.717, 1.165) is 102 Å². The van der Waals surface area contributed by atoms with Gasteiger partial charge < -0.3 is 15.0 Å². The quantitative estimate of drug-likeness (QED) is 0.277. The molecule has 0 unspecified atom stereocenters. The molecule has 4 aromatic rings. The maximum Gasteiger partial charge on any atom is 0.253 e. The maximum absolute atomic E-state index is 13.8. The minimum Gasteiger partial charge on any atom is -0.379 e. The van der Waals surface area contributed by atoms with Crippen LogP contribution in [0.5, 0.6) is 0 Å². The Morgan fingerprint density at radius 1 is 1.10 bits per heavy atom. The number of rotatable bonds is 7. The number of carbonyl (C=O) groups excluding carboxylic acids is 1. The Morgan fingerprint density at radius 2 is 1.81 bits per heavy atom. The molecule has 7 nitrogen and oxygen atoms in total. The van der Waals surface area contributed by atoms with Gasteiger partial charge in [-0.25, -0.2) is 4.98 Å². The van der Waals surface area contributed by atoms with Crippen LogP contribution in [0.25, 0.3) is 21.3 Å². The van der Waals surface area contributed by atoms with Crippen LogP contribution >= 0.6 is 11.3 Å². The average molecular weight is 585 g/mol.